The molecule has 198 valence electrons. The van der Waals surface area contributed by atoms with Crippen LogP contribution >= 0.6 is 34.5 Å². The Labute approximate surface area is 233 Å². The quantitative estimate of drug-likeness (QED) is 0.155. The zero-order valence-electron chi connectivity index (χ0n) is 21.0. The molecule has 0 bridgehead atoms. The summed E-state index contributed by atoms with van der Waals surface area (Å²) in [6.45, 7) is 6.17. The van der Waals surface area contributed by atoms with Crippen LogP contribution in [-0.4, -0.2) is 41.5 Å². The number of aryl methyl sites for hydroxylation is 1. The summed E-state index contributed by atoms with van der Waals surface area (Å²) >= 11 is 13.5. The summed E-state index contributed by atoms with van der Waals surface area (Å²) in [6.07, 6.45) is 0. The molecule has 0 saturated carbocycles. The van der Waals surface area contributed by atoms with E-state index in [0.717, 1.165) is 16.2 Å². The van der Waals surface area contributed by atoms with Gasteiger partial charge in [0.25, 0.3) is 5.78 Å². The fraction of sp³-hybridized carbons (Fsp3) is 0.259. The Morgan fingerprint density at radius 2 is 1.84 bits per heavy atom. The minimum absolute atomic E-state index is 0.0810. The van der Waals surface area contributed by atoms with Gasteiger partial charge < -0.3 is 14.6 Å². The third-order valence-corrected chi connectivity index (χ3v) is 7.47. The van der Waals surface area contributed by atoms with Gasteiger partial charge in [0.1, 0.15) is 16.4 Å². The van der Waals surface area contributed by atoms with E-state index in [9.17, 15) is 19.5 Å². The summed E-state index contributed by atoms with van der Waals surface area (Å²) < 4.78 is 10.5. The van der Waals surface area contributed by atoms with Gasteiger partial charge in [-0.2, -0.15) is 0 Å². The Bertz CT molecular complexity index is 1450. The highest BCUT2D eigenvalue weighted by Crippen LogP contribution is 2.46. The van der Waals surface area contributed by atoms with Crippen LogP contribution in [0.25, 0.3) is 5.76 Å². The van der Waals surface area contributed by atoms with Gasteiger partial charge in [-0.3, -0.25) is 14.5 Å². The second-order valence-corrected chi connectivity index (χ2v) is 10.8. The third-order valence-electron chi connectivity index (χ3n) is 5.77. The predicted molar refractivity (Wildman–Crippen MR) is 146 cm³/mol. The van der Waals surface area contributed by atoms with E-state index in [2.05, 4.69) is 4.98 Å². The fourth-order valence-corrected chi connectivity index (χ4v) is 5.47. The summed E-state index contributed by atoms with van der Waals surface area (Å²) in [7, 11) is 1.24. The first kappa shape index (κ1) is 27.6. The molecule has 1 atom stereocenters. The highest BCUT2D eigenvalue weighted by atomic mass is 35.5. The average Bonchev–Trinajstić information content (AvgIpc) is 3.38. The van der Waals surface area contributed by atoms with Crippen LogP contribution in [-0.2, 0) is 14.3 Å². The number of rotatable bonds is 7. The number of amides is 1. The number of aliphatic hydroxyl groups excluding tert-OH is 1. The number of ether oxygens (including phenoxy) is 2. The first-order valence-electron chi connectivity index (χ1n) is 11.6. The Morgan fingerprint density at radius 3 is 2.45 bits per heavy atom. The van der Waals surface area contributed by atoms with Crippen LogP contribution in [0.15, 0.2) is 48.0 Å². The van der Waals surface area contributed by atoms with Gasteiger partial charge in [-0.05, 0) is 54.8 Å². The maximum atomic E-state index is 13.4. The van der Waals surface area contributed by atoms with E-state index in [0.29, 0.717) is 40.1 Å². The summed E-state index contributed by atoms with van der Waals surface area (Å²) in [4.78, 5) is 44.6. The first-order valence-corrected chi connectivity index (χ1v) is 13.2. The number of ketones is 1. The highest BCUT2D eigenvalue weighted by Gasteiger charge is 2.49. The lowest BCUT2D eigenvalue weighted by molar-refractivity contribution is -0.132. The van der Waals surface area contributed by atoms with Gasteiger partial charge in [0.15, 0.2) is 5.13 Å². The second-order valence-electron chi connectivity index (χ2n) is 8.97. The van der Waals surface area contributed by atoms with Crippen molar-refractivity contribution in [1.29, 1.82) is 0 Å². The molecule has 0 spiro atoms. The van der Waals surface area contributed by atoms with Gasteiger partial charge >= 0.3 is 11.9 Å². The molecule has 1 aliphatic heterocycles. The number of halogens is 2. The van der Waals surface area contributed by atoms with Gasteiger partial charge in [-0.15, -0.1) is 0 Å². The smallest absolute Gasteiger partial charge is 0.350 e. The molecule has 1 aliphatic rings. The van der Waals surface area contributed by atoms with Crippen molar-refractivity contribution in [3.63, 3.8) is 0 Å². The molecule has 1 unspecified atom stereocenters. The lowest BCUT2D eigenvalue weighted by Crippen LogP contribution is -2.29. The van der Waals surface area contributed by atoms with E-state index >= 15 is 0 Å². The number of hydrogen-bond donors (Lipinski definition) is 1. The maximum absolute atomic E-state index is 13.4. The Hall–Kier alpha value is -3.40. The molecule has 1 aromatic heterocycles. The number of hydrogen-bond acceptors (Lipinski definition) is 8. The minimum Gasteiger partial charge on any atom is -0.507 e. The molecular formula is C27H24Cl2N2O6S. The number of aliphatic hydroxyl groups is 1. The number of Topliss-reactive ketones (excluding diaryl/α,β-unsaturated/α-hetero) is 1. The van der Waals surface area contributed by atoms with Crippen molar-refractivity contribution < 1.29 is 29.0 Å². The zero-order chi connectivity index (χ0) is 27.7. The number of benzene rings is 2. The molecule has 11 heteroatoms. The number of nitrogens with zero attached hydrogens (tertiary/aromatic N) is 2. The number of esters is 1. The number of methoxy groups -OCH3 is 1. The van der Waals surface area contributed by atoms with Crippen LogP contribution in [0.5, 0.6) is 5.75 Å². The topological polar surface area (TPSA) is 106 Å². The summed E-state index contributed by atoms with van der Waals surface area (Å²) in [5, 5.41) is 11.9. The zero-order valence-corrected chi connectivity index (χ0v) is 23.3. The van der Waals surface area contributed by atoms with Crippen LogP contribution in [0.2, 0.25) is 10.0 Å². The van der Waals surface area contributed by atoms with Crippen LogP contribution < -0.4 is 9.64 Å². The van der Waals surface area contributed by atoms with Crippen LogP contribution in [0.3, 0.4) is 0 Å². The van der Waals surface area contributed by atoms with Gasteiger partial charge in [-0.25, -0.2) is 9.78 Å². The van der Waals surface area contributed by atoms with Crippen molar-refractivity contribution in [2.45, 2.75) is 26.8 Å². The molecule has 0 aliphatic carbocycles. The summed E-state index contributed by atoms with van der Waals surface area (Å²) in [5.41, 5.74) is 0.806. The van der Waals surface area contributed by atoms with Gasteiger partial charge in [0, 0.05) is 15.6 Å². The van der Waals surface area contributed by atoms with E-state index in [-0.39, 0.29) is 20.6 Å². The molecule has 4 rings (SSSR count). The number of aromatic nitrogens is 1. The summed E-state index contributed by atoms with van der Waals surface area (Å²) in [5.74, 6) is -1.93. The largest absolute Gasteiger partial charge is 0.507 e. The van der Waals surface area contributed by atoms with Crippen molar-refractivity contribution in [2.24, 2.45) is 5.92 Å². The normalized spacial score (nSPS) is 16.8. The van der Waals surface area contributed by atoms with E-state index in [4.69, 9.17) is 32.7 Å². The van der Waals surface area contributed by atoms with E-state index in [1.54, 1.807) is 43.3 Å². The van der Waals surface area contributed by atoms with Crippen molar-refractivity contribution in [3.8, 4) is 5.75 Å². The van der Waals surface area contributed by atoms with Crippen LogP contribution in [0.1, 0.15) is 46.4 Å². The van der Waals surface area contributed by atoms with Crippen molar-refractivity contribution in [2.75, 3.05) is 18.6 Å². The highest BCUT2D eigenvalue weighted by molar-refractivity contribution is 7.17. The number of carbonyl (C=O) groups excluding carboxylic acids is 3. The van der Waals surface area contributed by atoms with Crippen LogP contribution in [0.4, 0.5) is 5.13 Å². The molecule has 2 aromatic carbocycles. The fourth-order valence-electron chi connectivity index (χ4n) is 3.94. The molecule has 1 amide bonds. The number of carbonyl (C=O) groups is 3. The van der Waals surface area contributed by atoms with Gasteiger partial charge in [-0.1, -0.05) is 54.5 Å². The lowest BCUT2D eigenvalue weighted by Gasteiger charge is -2.24. The van der Waals surface area contributed by atoms with Crippen molar-refractivity contribution in [1.82, 2.24) is 4.98 Å². The molecule has 1 saturated heterocycles. The second kappa shape index (κ2) is 11.1. The van der Waals surface area contributed by atoms with Crippen LogP contribution in [0, 0.1) is 12.8 Å². The Kier molecular flexibility index (Phi) is 8.10. The summed E-state index contributed by atoms with van der Waals surface area (Å²) in [6, 6.07) is 10.0. The van der Waals surface area contributed by atoms with E-state index < -0.39 is 29.5 Å². The lowest BCUT2D eigenvalue weighted by atomic mass is 9.95. The third kappa shape index (κ3) is 5.27. The van der Waals surface area contributed by atoms with Crippen molar-refractivity contribution >= 4 is 63.1 Å². The Morgan fingerprint density at radius 1 is 1.16 bits per heavy atom. The van der Waals surface area contributed by atoms with E-state index in [1.165, 1.54) is 13.2 Å². The molecule has 0 radical (unpaired) electrons. The monoisotopic (exact) mass is 574 g/mol. The molecule has 3 aromatic rings. The maximum Gasteiger partial charge on any atom is 0.350 e. The number of anilines is 1. The Balaban J connectivity index is 1.87. The standard InChI is InChI=1S/C27H24Cl2N2O6S/c1-13(2)12-37-17-8-5-15(6-9-17)22(32)20-21(18-10-7-16(28)11-19(18)29)31(25(34)23(20)33)27-30-14(3)24(38-27)26(35)36-4/h5-11,13,21,32H,12H2,1-4H3/b22-20+. The molecule has 1 fully saturated rings. The molecular weight excluding hydrogens is 551 g/mol. The van der Waals surface area contributed by atoms with Gasteiger partial charge in [0.2, 0.25) is 0 Å². The predicted octanol–water partition coefficient (Wildman–Crippen LogP) is 6.21. The minimum atomic E-state index is -1.13. The first-order chi connectivity index (χ1) is 18.0. The molecule has 8 nitrogen and oxygen atoms in total. The SMILES string of the molecule is COC(=O)c1sc(N2C(=O)C(=O)/C(=C(/O)c3ccc(OCC(C)C)cc3)C2c2ccc(Cl)cc2Cl)nc1C. The molecule has 38 heavy (non-hydrogen) atoms. The van der Waals surface area contributed by atoms with E-state index in [1.807, 2.05) is 13.8 Å². The molecule has 1 N–H and O–H groups in total. The number of thiazole rings is 1. The average molecular weight is 575 g/mol. The van der Waals surface area contributed by atoms with Crippen molar-refractivity contribution in [3.05, 3.63) is 79.8 Å². The molecule has 2 heterocycles. The van der Waals surface area contributed by atoms with Gasteiger partial charge in [0.05, 0.1) is 31.0 Å².